The minimum absolute atomic E-state index is 0.257. The molecule has 1 aromatic carbocycles. The van der Waals surface area contributed by atoms with E-state index in [0.29, 0.717) is 5.69 Å². The molecule has 1 amide bonds. The maximum atomic E-state index is 12.5. The van der Waals surface area contributed by atoms with Gasteiger partial charge in [0, 0.05) is 4.47 Å². The van der Waals surface area contributed by atoms with E-state index in [-0.39, 0.29) is 12.5 Å². The number of halogens is 1. The van der Waals surface area contributed by atoms with E-state index in [9.17, 15) is 9.59 Å². The van der Waals surface area contributed by atoms with E-state index >= 15 is 0 Å². The molecule has 0 bridgehead atoms. The Labute approximate surface area is 134 Å². The van der Waals surface area contributed by atoms with Crippen molar-refractivity contribution in [2.24, 2.45) is 11.3 Å². The third kappa shape index (κ3) is 4.84. The zero-order valence-corrected chi connectivity index (χ0v) is 14.7. The highest BCUT2D eigenvalue weighted by Crippen LogP contribution is 2.30. The fourth-order valence-corrected chi connectivity index (χ4v) is 2.37. The number of carbonyl (C=O) groups excluding carboxylic acids is 2. The number of rotatable bonds is 4. The quantitative estimate of drug-likeness (QED) is 0.657. The Kier molecular flexibility index (Phi) is 5.96. The standard InChI is InChI=1S/C16H22BrNO3/c1-6-21-15(20)13(16(3,4)5)14(19)18-12-9-10(2)7-8-11(12)17/h7-9,13H,6H2,1-5H3,(H,18,19). The molecule has 1 atom stereocenters. The predicted molar refractivity (Wildman–Crippen MR) is 87.1 cm³/mol. The lowest BCUT2D eigenvalue weighted by atomic mass is 9.80. The van der Waals surface area contributed by atoms with Gasteiger partial charge in [-0.15, -0.1) is 0 Å². The maximum Gasteiger partial charge on any atom is 0.319 e. The van der Waals surface area contributed by atoms with Crippen molar-refractivity contribution in [3.63, 3.8) is 0 Å². The molecule has 0 aliphatic rings. The van der Waals surface area contributed by atoms with Gasteiger partial charge in [-0.3, -0.25) is 9.59 Å². The summed E-state index contributed by atoms with van der Waals surface area (Å²) in [6.07, 6.45) is 0. The zero-order chi connectivity index (χ0) is 16.2. The van der Waals surface area contributed by atoms with Crippen LogP contribution in [-0.4, -0.2) is 18.5 Å². The second-order valence-corrected chi connectivity index (χ2v) is 6.88. The molecule has 4 nitrogen and oxygen atoms in total. The monoisotopic (exact) mass is 355 g/mol. The van der Waals surface area contributed by atoms with Crippen LogP contribution in [0.1, 0.15) is 33.3 Å². The number of carbonyl (C=O) groups is 2. The van der Waals surface area contributed by atoms with Gasteiger partial charge < -0.3 is 10.1 Å². The first-order valence-electron chi connectivity index (χ1n) is 6.90. The highest BCUT2D eigenvalue weighted by Gasteiger charge is 2.39. The molecule has 0 heterocycles. The molecule has 0 spiro atoms. The summed E-state index contributed by atoms with van der Waals surface area (Å²) in [4.78, 5) is 24.6. The first kappa shape index (κ1) is 17.7. The van der Waals surface area contributed by atoms with Gasteiger partial charge in [0.25, 0.3) is 0 Å². The zero-order valence-electron chi connectivity index (χ0n) is 13.1. The van der Waals surface area contributed by atoms with Gasteiger partial charge in [-0.05, 0) is 52.9 Å². The van der Waals surface area contributed by atoms with Gasteiger partial charge in [0.2, 0.25) is 5.91 Å². The van der Waals surface area contributed by atoms with Gasteiger partial charge in [0.1, 0.15) is 5.92 Å². The van der Waals surface area contributed by atoms with Crippen molar-refractivity contribution in [3.05, 3.63) is 28.2 Å². The number of esters is 1. The summed E-state index contributed by atoms with van der Waals surface area (Å²) in [6, 6.07) is 5.65. The van der Waals surface area contributed by atoms with Gasteiger partial charge in [-0.2, -0.15) is 0 Å². The average molecular weight is 356 g/mol. The van der Waals surface area contributed by atoms with E-state index in [0.717, 1.165) is 10.0 Å². The van der Waals surface area contributed by atoms with Crippen molar-refractivity contribution < 1.29 is 14.3 Å². The largest absolute Gasteiger partial charge is 0.465 e. The number of benzene rings is 1. The van der Waals surface area contributed by atoms with E-state index < -0.39 is 17.3 Å². The third-order valence-electron chi connectivity index (χ3n) is 3.03. The molecule has 0 aromatic heterocycles. The van der Waals surface area contributed by atoms with Crippen LogP contribution in [0.5, 0.6) is 0 Å². The Morgan fingerprint density at radius 3 is 2.48 bits per heavy atom. The van der Waals surface area contributed by atoms with Crippen molar-refractivity contribution in [1.29, 1.82) is 0 Å². The Morgan fingerprint density at radius 2 is 1.95 bits per heavy atom. The molecule has 1 aromatic rings. The first-order chi connectivity index (χ1) is 9.66. The lowest BCUT2D eigenvalue weighted by Crippen LogP contribution is -2.40. The second kappa shape index (κ2) is 7.07. The summed E-state index contributed by atoms with van der Waals surface area (Å²) in [7, 11) is 0. The molecule has 116 valence electrons. The van der Waals surface area contributed by atoms with E-state index in [1.165, 1.54) is 0 Å². The molecule has 5 heteroatoms. The summed E-state index contributed by atoms with van der Waals surface area (Å²) >= 11 is 3.40. The number of amides is 1. The Balaban J connectivity index is 3.01. The number of anilines is 1. The molecular formula is C16H22BrNO3. The second-order valence-electron chi connectivity index (χ2n) is 6.02. The normalized spacial score (nSPS) is 12.7. The first-order valence-corrected chi connectivity index (χ1v) is 7.69. The summed E-state index contributed by atoms with van der Waals surface area (Å²) in [5.74, 6) is -1.71. The minimum atomic E-state index is -0.857. The number of aryl methyl sites for hydroxylation is 1. The summed E-state index contributed by atoms with van der Waals surface area (Å²) in [5, 5.41) is 2.81. The lowest BCUT2D eigenvalue weighted by molar-refractivity contribution is -0.155. The van der Waals surface area contributed by atoms with Gasteiger partial charge in [0.15, 0.2) is 0 Å². The van der Waals surface area contributed by atoms with Crippen molar-refractivity contribution in [2.45, 2.75) is 34.6 Å². The molecular weight excluding hydrogens is 334 g/mol. The van der Waals surface area contributed by atoms with Crippen LogP contribution in [0.15, 0.2) is 22.7 Å². The van der Waals surface area contributed by atoms with Crippen molar-refractivity contribution in [3.8, 4) is 0 Å². The summed E-state index contributed by atoms with van der Waals surface area (Å²) in [5.41, 5.74) is 1.16. The van der Waals surface area contributed by atoms with Crippen LogP contribution in [0, 0.1) is 18.3 Å². The van der Waals surface area contributed by atoms with Crippen molar-refractivity contribution >= 4 is 33.5 Å². The molecule has 0 radical (unpaired) electrons. The van der Waals surface area contributed by atoms with E-state index in [4.69, 9.17) is 4.74 Å². The summed E-state index contributed by atoms with van der Waals surface area (Å²) < 4.78 is 5.81. The van der Waals surface area contributed by atoms with Crippen LogP contribution in [-0.2, 0) is 14.3 Å². The molecule has 1 unspecified atom stereocenters. The Hall–Kier alpha value is -1.36. The highest BCUT2D eigenvalue weighted by atomic mass is 79.9. The van der Waals surface area contributed by atoms with Crippen LogP contribution in [0.3, 0.4) is 0 Å². The molecule has 1 rings (SSSR count). The molecule has 0 saturated heterocycles. The van der Waals surface area contributed by atoms with Gasteiger partial charge in [-0.25, -0.2) is 0 Å². The van der Waals surface area contributed by atoms with Crippen LogP contribution in [0.2, 0.25) is 0 Å². The number of hydrogen-bond donors (Lipinski definition) is 1. The third-order valence-corrected chi connectivity index (χ3v) is 3.72. The van der Waals surface area contributed by atoms with Gasteiger partial charge in [0.05, 0.1) is 12.3 Å². The van der Waals surface area contributed by atoms with Crippen molar-refractivity contribution in [1.82, 2.24) is 0 Å². The molecule has 1 N–H and O–H groups in total. The van der Waals surface area contributed by atoms with Crippen molar-refractivity contribution in [2.75, 3.05) is 11.9 Å². The SMILES string of the molecule is CCOC(=O)C(C(=O)Nc1cc(C)ccc1Br)C(C)(C)C. The fraction of sp³-hybridized carbons (Fsp3) is 0.500. The number of nitrogens with one attached hydrogen (secondary N) is 1. The molecule has 21 heavy (non-hydrogen) atoms. The maximum absolute atomic E-state index is 12.5. The average Bonchev–Trinajstić information content (AvgIpc) is 2.32. The highest BCUT2D eigenvalue weighted by molar-refractivity contribution is 9.10. The van der Waals surface area contributed by atoms with Gasteiger partial charge in [-0.1, -0.05) is 26.8 Å². The number of hydrogen-bond acceptors (Lipinski definition) is 3. The van der Waals surface area contributed by atoms with E-state index in [1.54, 1.807) is 6.92 Å². The smallest absolute Gasteiger partial charge is 0.319 e. The Bertz CT molecular complexity index is 535. The fourth-order valence-electron chi connectivity index (χ4n) is 2.02. The minimum Gasteiger partial charge on any atom is -0.465 e. The lowest BCUT2D eigenvalue weighted by Gasteiger charge is -2.27. The van der Waals surface area contributed by atoms with Crippen LogP contribution < -0.4 is 5.32 Å². The van der Waals surface area contributed by atoms with Crippen LogP contribution >= 0.6 is 15.9 Å². The summed E-state index contributed by atoms with van der Waals surface area (Å²) in [6.45, 7) is 9.46. The van der Waals surface area contributed by atoms with E-state index in [2.05, 4.69) is 21.2 Å². The van der Waals surface area contributed by atoms with Crippen LogP contribution in [0.4, 0.5) is 5.69 Å². The number of ether oxygens (including phenoxy) is 1. The van der Waals surface area contributed by atoms with E-state index in [1.807, 2.05) is 45.9 Å². The van der Waals surface area contributed by atoms with Crippen LogP contribution in [0.25, 0.3) is 0 Å². The molecule has 0 aliphatic carbocycles. The molecule has 0 aliphatic heterocycles. The molecule has 0 saturated carbocycles. The van der Waals surface area contributed by atoms with Gasteiger partial charge >= 0.3 is 5.97 Å². The Morgan fingerprint density at radius 1 is 1.33 bits per heavy atom. The predicted octanol–water partition coefficient (Wildman–Crippen LogP) is 3.92. The molecule has 0 fully saturated rings. The topological polar surface area (TPSA) is 55.4 Å².